The Hall–Kier alpha value is -0.990. The molecule has 0 fully saturated rings. The summed E-state index contributed by atoms with van der Waals surface area (Å²) in [6.07, 6.45) is 0. The molecule has 0 spiro atoms. The van der Waals surface area contributed by atoms with Crippen molar-refractivity contribution >= 4 is 5.82 Å². The fourth-order valence-electron chi connectivity index (χ4n) is 1.02. The maximum Gasteiger partial charge on any atom is 0.126 e. The van der Waals surface area contributed by atoms with Gasteiger partial charge in [0.1, 0.15) is 5.82 Å². The van der Waals surface area contributed by atoms with Gasteiger partial charge in [-0.05, 0) is 6.92 Å². The van der Waals surface area contributed by atoms with Crippen molar-refractivity contribution in [1.82, 2.24) is 9.78 Å². The molecule has 0 bridgehead atoms. The lowest BCUT2D eigenvalue weighted by Gasteiger charge is -2.10. The predicted octanol–water partition coefficient (Wildman–Crippen LogP) is 0.795. The van der Waals surface area contributed by atoms with Gasteiger partial charge in [-0.3, -0.25) is 4.68 Å². The Labute approximate surface area is 61.3 Å². The van der Waals surface area contributed by atoms with E-state index in [1.165, 1.54) is 0 Å². The lowest BCUT2D eigenvalue weighted by molar-refractivity contribution is 0.745. The average Bonchev–Trinajstić information content (AvgIpc) is 2.10. The maximum absolute atomic E-state index is 4.21. The summed E-state index contributed by atoms with van der Waals surface area (Å²) in [5, 5.41) is 4.21. The summed E-state index contributed by atoms with van der Waals surface area (Å²) in [4.78, 5) is 2.04. The third-order valence-corrected chi connectivity index (χ3v) is 1.44. The Bertz CT molecular complexity index is 225. The molecule has 0 aliphatic heterocycles. The van der Waals surface area contributed by atoms with Gasteiger partial charge in [-0.15, -0.1) is 0 Å². The second-order valence-corrected chi connectivity index (χ2v) is 2.66. The van der Waals surface area contributed by atoms with Crippen LogP contribution in [0.3, 0.4) is 0 Å². The molecule has 0 aliphatic carbocycles. The molecule has 0 unspecified atom stereocenters. The van der Waals surface area contributed by atoms with Crippen LogP contribution in [-0.4, -0.2) is 23.9 Å². The van der Waals surface area contributed by atoms with Gasteiger partial charge in [0.15, 0.2) is 0 Å². The first-order valence-corrected chi connectivity index (χ1v) is 3.29. The van der Waals surface area contributed by atoms with Crippen LogP contribution in [-0.2, 0) is 7.05 Å². The first-order chi connectivity index (χ1) is 4.61. The van der Waals surface area contributed by atoms with Crippen molar-refractivity contribution in [2.75, 3.05) is 19.0 Å². The number of aryl methyl sites for hydroxylation is 2. The Morgan fingerprint density at radius 3 is 2.30 bits per heavy atom. The first kappa shape index (κ1) is 7.12. The quantitative estimate of drug-likeness (QED) is 0.573. The zero-order valence-corrected chi connectivity index (χ0v) is 6.92. The smallest absolute Gasteiger partial charge is 0.126 e. The first-order valence-electron chi connectivity index (χ1n) is 3.29. The number of anilines is 1. The van der Waals surface area contributed by atoms with Gasteiger partial charge in [-0.1, -0.05) is 0 Å². The van der Waals surface area contributed by atoms with E-state index in [2.05, 4.69) is 11.2 Å². The summed E-state index contributed by atoms with van der Waals surface area (Å²) in [5.41, 5.74) is 1.06. The number of hydrogen-bond acceptors (Lipinski definition) is 2. The maximum atomic E-state index is 4.21. The molecule has 0 saturated carbocycles. The van der Waals surface area contributed by atoms with Crippen LogP contribution in [0.1, 0.15) is 5.69 Å². The monoisotopic (exact) mass is 139 g/mol. The fraction of sp³-hybridized carbons (Fsp3) is 0.571. The molecule has 0 atom stereocenters. The van der Waals surface area contributed by atoms with E-state index in [-0.39, 0.29) is 0 Å². The zero-order chi connectivity index (χ0) is 7.72. The summed E-state index contributed by atoms with van der Waals surface area (Å²) < 4.78 is 1.87. The van der Waals surface area contributed by atoms with Crippen LogP contribution in [0.2, 0.25) is 0 Å². The van der Waals surface area contributed by atoms with Crippen molar-refractivity contribution in [2.45, 2.75) is 6.92 Å². The van der Waals surface area contributed by atoms with Crippen LogP contribution in [0.5, 0.6) is 0 Å². The van der Waals surface area contributed by atoms with Crippen LogP contribution in [0.15, 0.2) is 6.07 Å². The van der Waals surface area contributed by atoms with E-state index < -0.39 is 0 Å². The summed E-state index contributed by atoms with van der Waals surface area (Å²) in [6.45, 7) is 1.99. The molecule has 1 heterocycles. The molecular formula is C7H13N3. The van der Waals surface area contributed by atoms with E-state index in [9.17, 15) is 0 Å². The second-order valence-electron chi connectivity index (χ2n) is 2.66. The molecule has 0 aliphatic rings. The molecule has 0 N–H and O–H groups in total. The molecule has 3 nitrogen and oxygen atoms in total. The van der Waals surface area contributed by atoms with Crippen LogP contribution < -0.4 is 4.90 Å². The summed E-state index contributed by atoms with van der Waals surface area (Å²) >= 11 is 0. The SMILES string of the molecule is Cc1cc(N(C)C)n(C)n1. The molecule has 3 heteroatoms. The average molecular weight is 139 g/mol. The van der Waals surface area contributed by atoms with Crippen LogP contribution in [0.4, 0.5) is 5.82 Å². The third-order valence-electron chi connectivity index (χ3n) is 1.44. The summed E-state index contributed by atoms with van der Waals surface area (Å²) in [7, 11) is 5.97. The van der Waals surface area contributed by atoms with Crippen molar-refractivity contribution in [3.05, 3.63) is 11.8 Å². The van der Waals surface area contributed by atoms with Gasteiger partial charge in [-0.2, -0.15) is 5.10 Å². The van der Waals surface area contributed by atoms with Crippen molar-refractivity contribution in [2.24, 2.45) is 7.05 Å². The highest BCUT2D eigenvalue weighted by Crippen LogP contribution is 2.10. The molecule has 1 aromatic heterocycles. The molecule has 1 rings (SSSR count). The molecule has 0 amide bonds. The van der Waals surface area contributed by atoms with Gasteiger partial charge >= 0.3 is 0 Å². The highest BCUT2D eigenvalue weighted by atomic mass is 15.3. The minimum Gasteiger partial charge on any atom is -0.363 e. The van der Waals surface area contributed by atoms with Crippen molar-refractivity contribution in [1.29, 1.82) is 0 Å². The topological polar surface area (TPSA) is 21.1 Å². The van der Waals surface area contributed by atoms with E-state index in [0.717, 1.165) is 11.5 Å². The number of aromatic nitrogens is 2. The Balaban J connectivity index is 3.03. The Morgan fingerprint density at radius 2 is 2.10 bits per heavy atom. The number of rotatable bonds is 1. The van der Waals surface area contributed by atoms with Gasteiger partial charge in [0, 0.05) is 27.2 Å². The standard InChI is InChI=1S/C7H13N3/c1-6-5-7(9(2)3)10(4)8-6/h5H,1-4H3. The van der Waals surface area contributed by atoms with Gasteiger partial charge < -0.3 is 4.90 Å². The van der Waals surface area contributed by atoms with Crippen molar-refractivity contribution in [3.8, 4) is 0 Å². The molecule has 56 valence electrons. The van der Waals surface area contributed by atoms with Crippen molar-refractivity contribution in [3.63, 3.8) is 0 Å². The van der Waals surface area contributed by atoms with Crippen LogP contribution >= 0.6 is 0 Å². The van der Waals surface area contributed by atoms with E-state index >= 15 is 0 Å². The highest BCUT2D eigenvalue weighted by molar-refractivity contribution is 5.38. The van der Waals surface area contributed by atoms with Gasteiger partial charge in [0.25, 0.3) is 0 Å². The Morgan fingerprint density at radius 1 is 1.50 bits per heavy atom. The van der Waals surface area contributed by atoms with Crippen molar-refractivity contribution < 1.29 is 0 Å². The van der Waals surface area contributed by atoms with Gasteiger partial charge in [0.05, 0.1) is 5.69 Å². The van der Waals surface area contributed by atoms with E-state index in [4.69, 9.17) is 0 Å². The molecule has 0 aromatic carbocycles. The highest BCUT2D eigenvalue weighted by Gasteiger charge is 2.01. The van der Waals surface area contributed by atoms with E-state index in [0.29, 0.717) is 0 Å². The largest absolute Gasteiger partial charge is 0.363 e. The van der Waals surface area contributed by atoms with E-state index in [1.54, 1.807) is 0 Å². The van der Waals surface area contributed by atoms with Crippen LogP contribution in [0.25, 0.3) is 0 Å². The number of nitrogens with zero attached hydrogens (tertiary/aromatic N) is 3. The van der Waals surface area contributed by atoms with E-state index in [1.807, 2.05) is 37.6 Å². The molecule has 1 aromatic rings. The number of hydrogen-bond donors (Lipinski definition) is 0. The molecule has 0 radical (unpaired) electrons. The Kier molecular flexibility index (Phi) is 1.66. The molecule has 10 heavy (non-hydrogen) atoms. The minimum absolute atomic E-state index is 1.06. The normalized spacial score (nSPS) is 10.0. The molecule has 0 saturated heterocycles. The minimum atomic E-state index is 1.06. The summed E-state index contributed by atoms with van der Waals surface area (Å²) in [6, 6.07) is 2.06. The predicted molar refractivity (Wildman–Crippen MR) is 42.3 cm³/mol. The third kappa shape index (κ3) is 1.12. The summed E-state index contributed by atoms with van der Waals surface area (Å²) in [5.74, 6) is 1.14. The van der Waals surface area contributed by atoms with Gasteiger partial charge in [0.2, 0.25) is 0 Å². The fourth-order valence-corrected chi connectivity index (χ4v) is 1.02. The zero-order valence-electron chi connectivity index (χ0n) is 6.92. The second kappa shape index (κ2) is 2.33. The van der Waals surface area contributed by atoms with Gasteiger partial charge in [-0.25, -0.2) is 0 Å². The van der Waals surface area contributed by atoms with Crippen LogP contribution in [0, 0.1) is 6.92 Å². The molecular weight excluding hydrogens is 126 g/mol. The lowest BCUT2D eigenvalue weighted by Crippen LogP contribution is -2.12. The lowest BCUT2D eigenvalue weighted by atomic mass is 10.4.